The van der Waals surface area contributed by atoms with Gasteiger partial charge in [0.2, 0.25) is 0 Å². The third-order valence-electron chi connectivity index (χ3n) is 2.09. The lowest BCUT2D eigenvalue weighted by Crippen LogP contribution is -2.00. The van der Waals surface area contributed by atoms with E-state index in [1.165, 1.54) is 36.0 Å². The van der Waals surface area contributed by atoms with Crippen molar-refractivity contribution in [3.8, 4) is 16.3 Å². The Balaban J connectivity index is 2.37. The van der Waals surface area contributed by atoms with Crippen molar-refractivity contribution in [3.05, 3.63) is 35.1 Å². The zero-order chi connectivity index (χ0) is 12.4. The van der Waals surface area contributed by atoms with Gasteiger partial charge in [-0.3, -0.25) is 0 Å². The second kappa shape index (κ2) is 4.50. The van der Waals surface area contributed by atoms with Gasteiger partial charge in [-0.05, 0) is 18.2 Å². The molecule has 0 fully saturated rings. The van der Waals surface area contributed by atoms with Gasteiger partial charge < -0.3 is 9.84 Å². The first-order valence-electron chi connectivity index (χ1n) is 4.64. The van der Waals surface area contributed by atoms with Crippen LogP contribution < -0.4 is 0 Å². The molecule has 0 aliphatic carbocycles. The van der Waals surface area contributed by atoms with Crippen LogP contribution in [0.2, 0.25) is 0 Å². The molecule has 0 aliphatic heterocycles. The number of aromatic hydroxyl groups is 1. The maximum absolute atomic E-state index is 13.1. The number of carbonyl (C=O) groups excluding carboxylic acids is 1. The van der Waals surface area contributed by atoms with Crippen LogP contribution in [0.3, 0.4) is 0 Å². The number of rotatable bonds is 2. The molecule has 1 heterocycles. The maximum Gasteiger partial charge on any atom is 0.357 e. The molecule has 0 bridgehead atoms. The maximum atomic E-state index is 13.1. The van der Waals surface area contributed by atoms with Gasteiger partial charge in [-0.15, -0.1) is 11.3 Å². The van der Waals surface area contributed by atoms with Gasteiger partial charge in [-0.25, -0.2) is 14.2 Å². The highest BCUT2D eigenvalue weighted by Gasteiger charge is 2.12. The number of hydrogen-bond acceptors (Lipinski definition) is 5. The van der Waals surface area contributed by atoms with E-state index in [-0.39, 0.29) is 5.69 Å². The summed E-state index contributed by atoms with van der Waals surface area (Å²) in [5, 5.41) is 11.1. The number of phenols is 1. The van der Waals surface area contributed by atoms with Crippen LogP contribution in [0.1, 0.15) is 10.5 Å². The Labute approximate surface area is 100 Å². The monoisotopic (exact) mass is 253 g/mol. The van der Waals surface area contributed by atoms with Crippen LogP contribution >= 0.6 is 11.3 Å². The largest absolute Gasteiger partial charge is 0.505 e. The lowest BCUT2D eigenvalue weighted by molar-refractivity contribution is 0.0595. The standard InChI is InChI=1S/C11H8FNO3S/c1-16-11(15)8-5-17-10(13-8)6-2-3-9(14)7(12)4-6/h2-5,14H,1H3. The molecule has 0 amide bonds. The molecule has 4 nitrogen and oxygen atoms in total. The molecule has 1 aromatic heterocycles. The zero-order valence-electron chi connectivity index (χ0n) is 8.81. The first kappa shape index (κ1) is 11.5. The Morgan fingerprint density at radius 2 is 2.29 bits per heavy atom. The minimum absolute atomic E-state index is 0.181. The van der Waals surface area contributed by atoms with Crippen LogP contribution in [0.15, 0.2) is 23.6 Å². The minimum atomic E-state index is -0.725. The summed E-state index contributed by atoms with van der Waals surface area (Å²) in [4.78, 5) is 15.2. The molecule has 2 aromatic rings. The summed E-state index contributed by atoms with van der Waals surface area (Å²) in [6, 6.07) is 3.93. The number of benzene rings is 1. The molecule has 0 saturated heterocycles. The van der Waals surface area contributed by atoms with Gasteiger partial charge in [0.05, 0.1) is 7.11 Å². The Morgan fingerprint density at radius 1 is 1.53 bits per heavy atom. The summed E-state index contributed by atoms with van der Waals surface area (Å²) in [6.45, 7) is 0. The quantitative estimate of drug-likeness (QED) is 0.835. The average molecular weight is 253 g/mol. The van der Waals surface area contributed by atoms with Gasteiger partial charge in [0.25, 0.3) is 0 Å². The van der Waals surface area contributed by atoms with E-state index in [0.29, 0.717) is 10.6 Å². The molecule has 0 aliphatic rings. The molecule has 17 heavy (non-hydrogen) atoms. The van der Waals surface area contributed by atoms with E-state index in [1.54, 1.807) is 0 Å². The number of thiazole rings is 1. The molecule has 0 unspecified atom stereocenters. The van der Waals surface area contributed by atoms with Crippen molar-refractivity contribution in [2.75, 3.05) is 7.11 Å². The lowest BCUT2D eigenvalue weighted by Gasteiger charge is -1.98. The summed E-state index contributed by atoms with van der Waals surface area (Å²) >= 11 is 1.20. The average Bonchev–Trinajstić information content (AvgIpc) is 2.81. The van der Waals surface area contributed by atoms with E-state index in [9.17, 15) is 9.18 Å². The predicted octanol–water partition coefficient (Wildman–Crippen LogP) is 2.44. The van der Waals surface area contributed by atoms with Gasteiger partial charge in [-0.1, -0.05) is 0 Å². The molecule has 6 heteroatoms. The fourth-order valence-electron chi connectivity index (χ4n) is 1.24. The number of nitrogens with zero attached hydrogens (tertiary/aromatic N) is 1. The fourth-order valence-corrected chi connectivity index (χ4v) is 2.03. The Bertz CT molecular complexity index is 568. The molecular formula is C11H8FNO3S. The van der Waals surface area contributed by atoms with Crippen molar-refractivity contribution >= 4 is 17.3 Å². The molecule has 88 valence electrons. The van der Waals surface area contributed by atoms with Crippen molar-refractivity contribution in [2.45, 2.75) is 0 Å². The number of carbonyl (C=O) groups is 1. The van der Waals surface area contributed by atoms with Crippen molar-refractivity contribution in [2.24, 2.45) is 0 Å². The van der Waals surface area contributed by atoms with Gasteiger partial charge in [-0.2, -0.15) is 0 Å². The highest BCUT2D eigenvalue weighted by molar-refractivity contribution is 7.13. The minimum Gasteiger partial charge on any atom is -0.505 e. The third kappa shape index (κ3) is 2.26. The van der Waals surface area contributed by atoms with Crippen LogP contribution in [0.4, 0.5) is 4.39 Å². The van der Waals surface area contributed by atoms with Gasteiger partial charge in [0.1, 0.15) is 5.01 Å². The Morgan fingerprint density at radius 3 is 2.94 bits per heavy atom. The zero-order valence-corrected chi connectivity index (χ0v) is 9.62. The van der Waals surface area contributed by atoms with E-state index >= 15 is 0 Å². The topological polar surface area (TPSA) is 59.4 Å². The van der Waals surface area contributed by atoms with Crippen LogP contribution in [0, 0.1) is 5.82 Å². The summed E-state index contributed by atoms with van der Waals surface area (Å²) < 4.78 is 17.7. The fraction of sp³-hybridized carbons (Fsp3) is 0.0909. The third-order valence-corrected chi connectivity index (χ3v) is 2.98. The molecule has 0 saturated carbocycles. The first-order valence-corrected chi connectivity index (χ1v) is 5.52. The second-order valence-electron chi connectivity index (χ2n) is 3.20. The Kier molecular flexibility index (Phi) is 3.06. The van der Waals surface area contributed by atoms with Crippen LogP contribution in [-0.2, 0) is 4.74 Å². The van der Waals surface area contributed by atoms with Gasteiger partial charge in [0, 0.05) is 10.9 Å². The van der Waals surface area contributed by atoms with Gasteiger partial charge >= 0.3 is 5.97 Å². The van der Waals surface area contributed by atoms with Crippen molar-refractivity contribution < 1.29 is 19.0 Å². The summed E-state index contributed by atoms with van der Waals surface area (Å²) in [6.07, 6.45) is 0. The number of ether oxygens (including phenoxy) is 1. The van der Waals surface area contributed by atoms with Crippen LogP contribution in [-0.4, -0.2) is 23.2 Å². The number of halogens is 1. The van der Waals surface area contributed by atoms with E-state index < -0.39 is 17.5 Å². The highest BCUT2D eigenvalue weighted by atomic mass is 32.1. The van der Waals surface area contributed by atoms with E-state index in [0.717, 1.165) is 6.07 Å². The number of methoxy groups -OCH3 is 1. The van der Waals surface area contributed by atoms with E-state index in [4.69, 9.17) is 5.11 Å². The summed E-state index contributed by atoms with van der Waals surface area (Å²) in [5.74, 6) is -1.68. The highest BCUT2D eigenvalue weighted by Crippen LogP contribution is 2.27. The number of hydrogen-bond donors (Lipinski definition) is 1. The number of phenolic OH excluding ortho intramolecular Hbond substituents is 1. The molecule has 0 radical (unpaired) electrons. The number of aromatic nitrogens is 1. The lowest BCUT2D eigenvalue weighted by atomic mass is 10.2. The summed E-state index contributed by atoms with van der Waals surface area (Å²) in [7, 11) is 1.27. The molecule has 1 aromatic carbocycles. The predicted molar refractivity (Wildman–Crippen MR) is 60.5 cm³/mol. The normalized spacial score (nSPS) is 10.2. The Hall–Kier alpha value is -1.95. The van der Waals surface area contributed by atoms with Crippen LogP contribution in [0.5, 0.6) is 5.75 Å². The SMILES string of the molecule is COC(=O)c1csc(-c2ccc(O)c(F)c2)n1. The van der Waals surface area contributed by atoms with Crippen molar-refractivity contribution in [1.82, 2.24) is 4.98 Å². The number of esters is 1. The molecular weight excluding hydrogens is 245 g/mol. The van der Waals surface area contributed by atoms with Crippen LogP contribution in [0.25, 0.3) is 10.6 Å². The van der Waals surface area contributed by atoms with Crippen molar-refractivity contribution in [3.63, 3.8) is 0 Å². The smallest absolute Gasteiger partial charge is 0.357 e. The molecule has 0 atom stereocenters. The molecule has 2 rings (SSSR count). The van der Waals surface area contributed by atoms with Gasteiger partial charge in [0.15, 0.2) is 17.3 Å². The van der Waals surface area contributed by atoms with Crippen molar-refractivity contribution in [1.29, 1.82) is 0 Å². The second-order valence-corrected chi connectivity index (χ2v) is 4.05. The molecule has 1 N–H and O–H groups in total. The first-order chi connectivity index (χ1) is 8.11. The molecule has 0 spiro atoms. The summed E-state index contributed by atoms with van der Waals surface area (Å²) in [5.41, 5.74) is 0.682. The van der Waals surface area contributed by atoms with E-state index in [2.05, 4.69) is 9.72 Å². The van der Waals surface area contributed by atoms with E-state index in [1.807, 2.05) is 0 Å².